The molecule has 0 aliphatic carbocycles. The average molecular weight is 526 g/mol. The fraction of sp³-hybridized carbons (Fsp3) is 0.650. The Hall–Kier alpha value is -0.610. The van der Waals surface area contributed by atoms with E-state index in [4.69, 9.17) is 30.8 Å². The van der Waals surface area contributed by atoms with E-state index in [0.717, 1.165) is 44.2 Å². The Kier molecular flexibility index (Phi) is 13.1. The zero-order valence-corrected chi connectivity index (χ0v) is 20.1. The highest BCUT2D eigenvalue weighted by Crippen LogP contribution is 2.21. The van der Waals surface area contributed by atoms with Gasteiger partial charge in [0, 0.05) is 44.8 Å². The van der Waals surface area contributed by atoms with Crippen LogP contribution in [-0.2, 0) is 14.2 Å². The second-order valence-electron chi connectivity index (χ2n) is 6.64. The van der Waals surface area contributed by atoms with Crippen molar-refractivity contribution < 1.29 is 14.2 Å². The molecular formula is C20H33ClIN3O3. The van der Waals surface area contributed by atoms with Crippen molar-refractivity contribution >= 4 is 41.5 Å². The second kappa shape index (κ2) is 14.4. The number of rotatable bonds is 10. The molecule has 1 aromatic rings. The number of aliphatic imine (C=N–C) groups is 1. The molecular weight excluding hydrogens is 493 g/mol. The van der Waals surface area contributed by atoms with Gasteiger partial charge in [-0.15, -0.1) is 24.0 Å². The molecule has 0 bridgehead atoms. The van der Waals surface area contributed by atoms with Crippen molar-refractivity contribution in [1.29, 1.82) is 0 Å². The summed E-state index contributed by atoms with van der Waals surface area (Å²) in [5.41, 5.74) is 1.04. The van der Waals surface area contributed by atoms with E-state index < -0.39 is 0 Å². The maximum atomic E-state index is 6.11. The number of benzene rings is 1. The molecule has 2 unspecified atom stereocenters. The summed E-state index contributed by atoms with van der Waals surface area (Å²) in [4.78, 5) is 7.12. The van der Waals surface area contributed by atoms with Gasteiger partial charge in [0.05, 0.1) is 26.4 Å². The van der Waals surface area contributed by atoms with Crippen LogP contribution in [0.3, 0.4) is 0 Å². The van der Waals surface area contributed by atoms with Crippen molar-refractivity contribution in [2.75, 3.05) is 60.2 Å². The minimum atomic E-state index is -0.117. The molecule has 0 amide bonds. The molecule has 0 spiro atoms. The molecule has 1 aliphatic rings. The lowest BCUT2D eigenvalue weighted by atomic mass is 10.1. The summed E-state index contributed by atoms with van der Waals surface area (Å²) in [6, 6.07) is 7.75. The number of nitrogens with one attached hydrogen (secondary N) is 1. The molecule has 1 fully saturated rings. The van der Waals surface area contributed by atoms with Gasteiger partial charge in [-0.05, 0) is 31.0 Å². The molecule has 6 nitrogen and oxygen atoms in total. The topological polar surface area (TPSA) is 55.3 Å². The summed E-state index contributed by atoms with van der Waals surface area (Å²) in [5.74, 6) is 1.46. The normalized spacial score (nSPS) is 18.1. The smallest absolute Gasteiger partial charge is 0.194 e. The number of likely N-dealkylation sites (tertiary alicyclic amines) is 1. The number of nitrogens with zero attached hydrogens (tertiary/aromatic N) is 2. The van der Waals surface area contributed by atoms with E-state index in [1.165, 1.54) is 0 Å². The lowest BCUT2D eigenvalue weighted by molar-refractivity contribution is 0.0536. The number of ether oxygens (including phenoxy) is 3. The van der Waals surface area contributed by atoms with Crippen molar-refractivity contribution in [3.05, 3.63) is 34.9 Å². The minimum Gasteiger partial charge on any atom is -0.382 e. The van der Waals surface area contributed by atoms with Crippen LogP contribution in [0.4, 0.5) is 0 Å². The zero-order chi connectivity index (χ0) is 19.5. The molecule has 8 heteroatoms. The molecule has 160 valence electrons. The molecule has 2 rings (SSSR count). The van der Waals surface area contributed by atoms with Crippen LogP contribution < -0.4 is 5.32 Å². The van der Waals surface area contributed by atoms with E-state index in [9.17, 15) is 0 Å². The largest absolute Gasteiger partial charge is 0.382 e. The number of halogens is 2. The Bertz CT molecular complexity index is 592. The summed E-state index contributed by atoms with van der Waals surface area (Å²) >= 11 is 6.11. The Morgan fingerprint density at radius 3 is 2.86 bits per heavy atom. The van der Waals surface area contributed by atoms with Gasteiger partial charge in [0.1, 0.15) is 6.10 Å². The third-order valence-corrected chi connectivity index (χ3v) is 4.85. The number of guanidine groups is 1. The number of methoxy groups -OCH3 is 2. The molecule has 0 radical (unpaired) electrons. The first-order chi connectivity index (χ1) is 13.2. The van der Waals surface area contributed by atoms with E-state index in [1.807, 2.05) is 24.3 Å². The van der Waals surface area contributed by atoms with Crippen molar-refractivity contribution in [3.8, 4) is 0 Å². The van der Waals surface area contributed by atoms with Gasteiger partial charge < -0.3 is 24.4 Å². The van der Waals surface area contributed by atoms with Crippen molar-refractivity contribution in [3.63, 3.8) is 0 Å². The van der Waals surface area contributed by atoms with E-state index >= 15 is 0 Å². The fourth-order valence-electron chi connectivity index (χ4n) is 3.17. The van der Waals surface area contributed by atoms with E-state index in [0.29, 0.717) is 30.7 Å². The quantitative estimate of drug-likeness (QED) is 0.219. The summed E-state index contributed by atoms with van der Waals surface area (Å²) in [6.45, 7) is 7.46. The predicted molar refractivity (Wildman–Crippen MR) is 125 cm³/mol. The van der Waals surface area contributed by atoms with E-state index in [2.05, 4.69) is 17.1 Å². The van der Waals surface area contributed by atoms with Crippen molar-refractivity contribution in [2.24, 2.45) is 10.9 Å². The Labute approximate surface area is 191 Å². The van der Waals surface area contributed by atoms with Crippen LogP contribution in [0.5, 0.6) is 0 Å². The summed E-state index contributed by atoms with van der Waals surface area (Å²) in [5, 5.41) is 4.11. The van der Waals surface area contributed by atoms with E-state index in [1.54, 1.807) is 14.2 Å². The van der Waals surface area contributed by atoms with Crippen LogP contribution in [0.25, 0.3) is 0 Å². The highest BCUT2D eigenvalue weighted by Gasteiger charge is 2.25. The van der Waals surface area contributed by atoms with Crippen molar-refractivity contribution in [1.82, 2.24) is 10.2 Å². The first-order valence-electron chi connectivity index (χ1n) is 9.56. The second-order valence-corrected chi connectivity index (χ2v) is 7.08. The molecule has 1 aliphatic heterocycles. The lowest BCUT2D eigenvalue weighted by Gasteiger charge is -2.23. The van der Waals surface area contributed by atoms with Gasteiger partial charge in [0.2, 0.25) is 0 Å². The van der Waals surface area contributed by atoms with Gasteiger partial charge in [-0.1, -0.05) is 23.7 Å². The lowest BCUT2D eigenvalue weighted by Crippen LogP contribution is -2.40. The number of hydrogen-bond donors (Lipinski definition) is 1. The summed E-state index contributed by atoms with van der Waals surface area (Å²) < 4.78 is 16.3. The molecule has 1 heterocycles. The molecule has 1 aromatic carbocycles. The Balaban J connectivity index is 0.00000392. The highest BCUT2D eigenvalue weighted by atomic mass is 127. The Morgan fingerprint density at radius 2 is 2.18 bits per heavy atom. The monoisotopic (exact) mass is 525 g/mol. The maximum absolute atomic E-state index is 6.11. The average Bonchev–Trinajstić information content (AvgIpc) is 3.14. The van der Waals surface area contributed by atoms with Gasteiger partial charge in [-0.3, -0.25) is 4.99 Å². The molecule has 1 saturated heterocycles. The van der Waals surface area contributed by atoms with Crippen LogP contribution in [-0.4, -0.2) is 71.1 Å². The van der Waals surface area contributed by atoms with Gasteiger partial charge >= 0.3 is 0 Å². The zero-order valence-electron chi connectivity index (χ0n) is 17.0. The summed E-state index contributed by atoms with van der Waals surface area (Å²) in [6.07, 6.45) is 0.993. The third-order valence-electron chi connectivity index (χ3n) is 4.62. The van der Waals surface area contributed by atoms with Crippen LogP contribution in [0.2, 0.25) is 5.02 Å². The van der Waals surface area contributed by atoms with Gasteiger partial charge in [0.15, 0.2) is 5.96 Å². The first-order valence-corrected chi connectivity index (χ1v) is 9.93. The molecule has 2 atom stereocenters. The summed E-state index contributed by atoms with van der Waals surface area (Å²) in [7, 11) is 3.40. The molecule has 28 heavy (non-hydrogen) atoms. The van der Waals surface area contributed by atoms with Crippen LogP contribution in [0.1, 0.15) is 25.0 Å². The standard InChI is InChI=1S/C20H32ClN3O3.HI/c1-4-22-20(24-9-8-16(14-24)15-27-11-10-25-2)23-13-19(26-3)17-6-5-7-18(21)12-17;/h5-7,12,16,19H,4,8-11,13-15H2,1-3H3,(H,22,23);1H. The maximum Gasteiger partial charge on any atom is 0.194 e. The van der Waals surface area contributed by atoms with Crippen LogP contribution in [0.15, 0.2) is 29.3 Å². The first kappa shape index (κ1) is 25.4. The van der Waals surface area contributed by atoms with Crippen molar-refractivity contribution in [2.45, 2.75) is 19.4 Å². The van der Waals surface area contributed by atoms with E-state index in [-0.39, 0.29) is 30.1 Å². The molecule has 1 N–H and O–H groups in total. The number of hydrogen-bond acceptors (Lipinski definition) is 4. The van der Waals surface area contributed by atoms with Gasteiger partial charge in [-0.25, -0.2) is 0 Å². The Morgan fingerprint density at radius 1 is 1.36 bits per heavy atom. The SMILES string of the molecule is CCNC(=NCC(OC)c1cccc(Cl)c1)N1CCC(COCCOC)C1.I. The van der Waals surface area contributed by atoms with Gasteiger partial charge in [0.25, 0.3) is 0 Å². The fourth-order valence-corrected chi connectivity index (χ4v) is 3.37. The van der Waals surface area contributed by atoms with Crippen LogP contribution in [0, 0.1) is 5.92 Å². The van der Waals surface area contributed by atoms with Crippen LogP contribution >= 0.6 is 35.6 Å². The highest BCUT2D eigenvalue weighted by molar-refractivity contribution is 14.0. The third kappa shape index (κ3) is 8.41. The molecule has 0 aromatic heterocycles. The van der Waals surface area contributed by atoms with Gasteiger partial charge in [-0.2, -0.15) is 0 Å². The molecule has 0 saturated carbocycles. The predicted octanol–water partition coefficient (Wildman–Crippen LogP) is 3.60. The minimum absolute atomic E-state index is 0.